The van der Waals surface area contributed by atoms with Crippen LogP contribution in [-0.2, 0) is 19.1 Å². The first-order chi connectivity index (χ1) is 14.9. The van der Waals surface area contributed by atoms with Crippen molar-refractivity contribution in [3.05, 3.63) is 95.2 Å². The van der Waals surface area contributed by atoms with Crippen LogP contribution in [0, 0.1) is 0 Å². The van der Waals surface area contributed by atoms with Gasteiger partial charge in [0.25, 0.3) is 5.91 Å². The zero-order chi connectivity index (χ0) is 21.6. The molecule has 5 rings (SSSR count). The molecule has 2 heterocycles. The lowest BCUT2D eigenvalue weighted by Gasteiger charge is -2.27. The van der Waals surface area contributed by atoms with Crippen molar-refractivity contribution in [3.8, 4) is 11.1 Å². The molecule has 0 saturated carbocycles. The number of carbonyl (C=O) groups is 1. The number of alkyl halides is 3. The van der Waals surface area contributed by atoms with E-state index in [9.17, 15) is 18.0 Å². The maximum Gasteiger partial charge on any atom is 0.416 e. The monoisotopic (exact) mass is 420 g/mol. The van der Waals surface area contributed by atoms with Gasteiger partial charge in [-0.25, -0.2) is 0 Å². The van der Waals surface area contributed by atoms with Crippen LogP contribution >= 0.6 is 0 Å². The maximum atomic E-state index is 13.0. The van der Waals surface area contributed by atoms with Gasteiger partial charge in [0.1, 0.15) is 0 Å². The third kappa shape index (κ3) is 3.58. The van der Waals surface area contributed by atoms with E-state index in [0.717, 1.165) is 45.4 Å². The van der Waals surface area contributed by atoms with Crippen molar-refractivity contribution in [2.45, 2.75) is 19.1 Å². The fraction of sp³-hybridized carbons (Fsp3) is 0.160. The highest BCUT2D eigenvalue weighted by molar-refractivity contribution is 5.95. The number of H-pyrrole nitrogens is 1. The molecule has 0 atom stereocenters. The molecular formula is C25H19F3N2O. The Labute approximate surface area is 177 Å². The van der Waals surface area contributed by atoms with Crippen molar-refractivity contribution in [2.24, 2.45) is 0 Å². The first kappa shape index (κ1) is 19.4. The Bertz CT molecular complexity index is 1260. The minimum Gasteiger partial charge on any atom is -0.358 e. The number of carbonyl (C=O) groups excluding carboxylic acids is 1. The van der Waals surface area contributed by atoms with Crippen molar-refractivity contribution in [1.29, 1.82) is 0 Å². The molecule has 1 aliphatic heterocycles. The van der Waals surface area contributed by atoms with Crippen LogP contribution in [0.3, 0.4) is 0 Å². The second-order valence-electron chi connectivity index (χ2n) is 7.76. The van der Waals surface area contributed by atoms with E-state index in [2.05, 4.69) is 35.3 Å². The molecule has 1 N–H and O–H groups in total. The molecular weight excluding hydrogens is 401 g/mol. The summed E-state index contributed by atoms with van der Waals surface area (Å²) in [6, 6.07) is 20.8. The number of hydrogen-bond acceptors (Lipinski definition) is 1. The molecule has 0 spiro atoms. The van der Waals surface area contributed by atoms with Gasteiger partial charge in [-0.15, -0.1) is 0 Å². The highest BCUT2D eigenvalue weighted by Crippen LogP contribution is 2.33. The third-order valence-corrected chi connectivity index (χ3v) is 5.83. The smallest absolute Gasteiger partial charge is 0.358 e. The average Bonchev–Trinajstić information content (AvgIpc) is 3.16. The minimum atomic E-state index is -4.41. The van der Waals surface area contributed by atoms with E-state index in [4.69, 9.17) is 0 Å². The van der Waals surface area contributed by atoms with Gasteiger partial charge in [-0.2, -0.15) is 13.2 Å². The van der Waals surface area contributed by atoms with Crippen LogP contribution in [0.15, 0.2) is 72.8 Å². The van der Waals surface area contributed by atoms with Gasteiger partial charge < -0.3 is 9.88 Å². The van der Waals surface area contributed by atoms with Crippen LogP contribution < -0.4 is 0 Å². The number of nitrogens with one attached hydrogen (secondary N) is 1. The number of nitrogens with zero attached hydrogens (tertiary/aromatic N) is 1. The number of rotatable bonds is 2. The second-order valence-corrected chi connectivity index (χ2v) is 7.76. The number of fused-ring (bicyclic) bond motifs is 3. The van der Waals surface area contributed by atoms with E-state index in [-0.39, 0.29) is 11.5 Å². The summed E-state index contributed by atoms with van der Waals surface area (Å²) in [7, 11) is 0. The van der Waals surface area contributed by atoms with Gasteiger partial charge in [-0.05, 0) is 47.5 Å². The zero-order valence-electron chi connectivity index (χ0n) is 16.5. The summed E-state index contributed by atoms with van der Waals surface area (Å²) in [5, 5.41) is 1.07. The van der Waals surface area contributed by atoms with Gasteiger partial charge in [-0.3, -0.25) is 4.79 Å². The lowest BCUT2D eigenvalue weighted by molar-refractivity contribution is -0.137. The topological polar surface area (TPSA) is 36.1 Å². The lowest BCUT2D eigenvalue weighted by atomic mass is 9.99. The molecule has 0 unspecified atom stereocenters. The van der Waals surface area contributed by atoms with Gasteiger partial charge in [0.15, 0.2) is 0 Å². The van der Waals surface area contributed by atoms with E-state index >= 15 is 0 Å². The van der Waals surface area contributed by atoms with Crippen molar-refractivity contribution in [1.82, 2.24) is 9.88 Å². The summed E-state index contributed by atoms with van der Waals surface area (Å²) in [5.41, 5.74) is 4.93. The Hall–Kier alpha value is -3.54. The standard InChI is InChI=1S/C25H19F3N2O/c26-25(27,28)19-9-6-17(7-10-19)24(31)30-13-12-23-21(15-30)20-14-18(8-11-22(20)29-23)16-4-2-1-3-5-16/h1-11,14,29H,12-13,15H2. The van der Waals surface area contributed by atoms with E-state index in [1.165, 1.54) is 12.1 Å². The van der Waals surface area contributed by atoms with E-state index < -0.39 is 11.7 Å². The Morgan fingerprint density at radius 2 is 1.65 bits per heavy atom. The summed E-state index contributed by atoms with van der Waals surface area (Å²) in [6.45, 7) is 0.943. The molecule has 6 heteroatoms. The number of aromatic amines is 1. The Morgan fingerprint density at radius 1 is 0.903 bits per heavy atom. The summed E-state index contributed by atoms with van der Waals surface area (Å²) in [6.07, 6.45) is -3.74. The Kier molecular flexibility index (Phi) is 4.58. The molecule has 0 bridgehead atoms. The molecule has 3 nitrogen and oxygen atoms in total. The largest absolute Gasteiger partial charge is 0.416 e. The number of hydrogen-bond donors (Lipinski definition) is 1. The molecule has 156 valence electrons. The first-order valence-corrected chi connectivity index (χ1v) is 10.1. The van der Waals surface area contributed by atoms with Crippen LogP contribution in [0.4, 0.5) is 13.2 Å². The average molecular weight is 420 g/mol. The van der Waals surface area contributed by atoms with Crippen LogP contribution in [-0.4, -0.2) is 22.3 Å². The molecule has 3 aromatic carbocycles. The van der Waals surface area contributed by atoms with Gasteiger partial charge >= 0.3 is 6.18 Å². The van der Waals surface area contributed by atoms with Gasteiger partial charge in [0.05, 0.1) is 5.56 Å². The molecule has 0 fully saturated rings. The van der Waals surface area contributed by atoms with Crippen LogP contribution in [0.25, 0.3) is 22.0 Å². The number of halogens is 3. The van der Waals surface area contributed by atoms with Gasteiger partial charge in [0.2, 0.25) is 0 Å². The van der Waals surface area contributed by atoms with E-state index in [1.807, 2.05) is 18.2 Å². The van der Waals surface area contributed by atoms with Crippen LogP contribution in [0.1, 0.15) is 27.2 Å². The minimum absolute atomic E-state index is 0.257. The van der Waals surface area contributed by atoms with Crippen molar-refractivity contribution < 1.29 is 18.0 Å². The van der Waals surface area contributed by atoms with Crippen molar-refractivity contribution in [2.75, 3.05) is 6.54 Å². The van der Waals surface area contributed by atoms with Crippen molar-refractivity contribution >= 4 is 16.8 Å². The predicted octanol–water partition coefficient (Wildman–Crippen LogP) is 6.05. The van der Waals surface area contributed by atoms with E-state index in [0.29, 0.717) is 19.5 Å². The highest BCUT2D eigenvalue weighted by Gasteiger charge is 2.31. The molecule has 0 aliphatic carbocycles. The predicted molar refractivity (Wildman–Crippen MR) is 114 cm³/mol. The lowest BCUT2D eigenvalue weighted by Crippen LogP contribution is -2.35. The maximum absolute atomic E-state index is 13.0. The highest BCUT2D eigenvalue weighted by atomic mass is 19.4. The normalized spacial score (nSPS) is 14.0. The quantitative estimate of drug-likeness (QED) is 0.421. The summed E-state index contributed by atoms with van der Waals surface area (Å²) in [4.78, 5) is 18.1. The molecule has 1 aromatic heterocycles. The number of aromatic nitrogens is 1. The molecule has 4 aromatic rings. The van der Waals surface area contributed by atoms with Gasteiger partial charge in [0, 0.05) is 47.2 Å². The Morgan fingerprint density at radius 3 is 2.35 bits per heavy atom. The second kappa shape index (κ2) is 7.30. The summed E-state index contributed by atoms with van der Waals surface area (Å²) < 4.78 is 38.4. The number of amides is 1. The molecule has 31 heavy (non-hydrogen) atoms. The fourth-order valence-corrected chi connectivity index (χ4v) is 4.18. The summed E-state index contributed by atoms with van der Waals surface area (Å²) in [5.74, 6) is -0.257. The molecule has 0 saturated heterocycles. The van der Waals surface area contributed by atoms with Crippen LogP contribution in [0.2, 0.25) is 0 Å². The SMILES string of the molecule is O=C(c1ccc(C(F)(F)F)cc1)N1CCc2[nH]c3ccc(-c4ccccc4)cc3c2C1. The van der Waals surface area contributed by atoms with Crippen molar-refractivity contribution in [3.63, 3.8) is 0 Å². The molecule has 1 amide bonds. The summed E-state index contributed by atoms with van der Waals surface area (Å²) >= 11 is 0. The first-order valence-electron chi connectivity index (χ1n) is 10.1. The third-order valence-electron chi connectivity index (χ3n) is 5.83. The zero-order valence-corrected chi connectivity index (χ0v) is 16.5. The van der Waals surface area contributed by atoms with Gasteiger partial charge in [-0.1, -0.05) is 36.4 Å². The van der Waals surface area contributed by atoms with E-state index in [1.54, 1.807) is 4.90 Å². The fourth-order valence-electron chi connectivity index (χ4n) is 4.18. The Balaban J connectivity index is 1.44. The number of benzene rings is 3. The molecule has 0 radical (unpaired) electrons. The molecule has 1 aliphatic rings. The van der Waals surface area contributed by atoms with Crippen LogP contribution in [0.5, 0.6) is 0 Å².